The fraction of sp³-hybridized carbons (Fsp3) is 0.909. The highest BCUT2D eigenvalue weighted by molar-refractivity contribution is 5.82. The molecule has 0 aromatic rings. The Labute approximate surface area is 90.2 Å². The lowest BCUT2D eigenvalue weighted by molar-refractivity contribution is -0.147. The molecular formula is C11H19NO3. The molecule has 1 saturated heterocycles. The van der Waals surface area contributed by atoms with E-state index in [0.29, 0.717) is 19.1 Å². The van der Waals surface area contributed by atoms with E-state index in [-0.39, 0.29) is 30.6 Å². The van der Waals surface area contributed by atoms with E-state index in [0.717, 1.165) is 6.42 Å². The Bertz CT molecular complexity index is 256. The van der Waals surface area contributed by atoms with Gasteiger partial charge in [0.15, 0.2) is 0 Å². The Morgan fingerprint density at radius 2 is 2.20 bits per heavy atom. The first kappa shape index (κ1) is 10.9. The standard InChI is InChI=1S/C11H19NO3/c1-7-3-10(7)11(14)12-4-9(5-13)15-6-8(12)2/h7-10,13H,3-6H2,1-2H3. The number of rotatable bonds is 2. The van der Waals surface area contributed by atoms with Crippen molar-refractivity contribution in [1.82, 2.24) is 4.90 Å². The van der Waals surface area contributed by atoms with Gasteiger partial charge in [-0.3, -0.25) is 4.79 Å². The van der Waals surface area contributed by atoms with Crippen LogP contribution in [0.3, 0.4) is 0 Å². The van der Waals surface area contributed by atoms with Gasteiger partial charge in [-0.1, -0.05) is 6.92 Å². The first-order valence-electron chi connectivity index (χ1n) is 5.66. The van der Waals surface area contributed by atoms with E-state index in [1.165, 1.54) is 0 Å². The van der Waals surface area contributed by atoms with Crippen LogP contribution in [0.4, 0.5) is 0 Å². The minimum atomic E-state index is -0.195. The maximum Gasteiger partial charge on any atom is 0.226 e. The van der Waals surface area contributed by atoms with Gasteiger partial charge in [-0.25, -0.2) is 0 Å². The number of nitrogens with zero attached hydrogens (tertiary/aromatic N) is 1. The van der Waals surface area contributed by atoms with Crippen molar-refractivity contribution in [2.45, 2.75) is 32.4 Å². The molecule has 1 aliphatic heterocycles. The Morgan fingerprint density at radius 1 is 1.53 bits per heavy atom. The molecule has 4 atom stereocenters. The second-order valence-electron chi connectivity index (χ2n) is 4.80. The summed E-state index contributed by atoms with van der Waals surface area (Å²) in [5.74, 6) is 1.02. The SMILES string of the molecule is CC1CC1C(=O)N1CC(CO)OCC1C. The van der Waals surface area contributed by atoms with Crippen LogP contribution in [0.1, 0.15) is 20.3 Å². The average Bonchev–Trinajstić information content (AvgIpc) is 2.95. The van der Waals surface area contributed by atoms with Gasteiger partial charge in [0.05, 0.1) is 25.4 Å². The van der Waals surface area contributed by atoms with Gasteiger partial charge >= 0.3 is 0 Å². The minimum absolute atomic E-state index is 0.00325. The van der Waals surface area contributed by atoms with Gasteiger partial charge < -0.3 is 14.7 Å². The van der Waals surface area contributed by atoms with E-state index >= 15 is 0 Å². The summed E-state index contributed by atoms with van der Waals surface area (Å²) in [4.78, 5) is 13.9. The summed E-state index contributed by atoms with van der Waals surface area (Å²) in [6.07, 6.45) is 0.825. The van der Waals surface area contributed by atoms with Crippen LogP contribution in [-0.2, 0) is 9.53 Å². The van der Waals surface area contributed by atoms with Crippen molar-refractivity contribution in [3.8, 4) is 0 Å². The molecule has 2 rings (SSSR count). The third-order valence-corrected chi connectivity index (χ3v) is 3.42. The van der Waals surface area contributed by atoms with E-state index in [4.69, 9.17) is 9.84 Å². The fourth-order valence-electron chi connectivity index (χ4n) is 2.11. The Kier molecular flexibility index (Phi) is 2.98. The molecule has 0 aromatic carbocycles. The van der Waals surface area contributed by atoms with E-state index in [1.54, 1.807) is 0 Å². The molecule has 2 fully saturated rings. The van der Waals surface area contributed by atoms with E-state index in [1.807, 2.05) is 11.8 Å². The zero-order valence-corrected chi connectivity index (χ0v) is 9.35. The molecule has 4 nitrogen and oxygen atoms in total. The van der Waals surface area contributed by atoms with Crippen molar-refractivity contribution in [3.63, 3.8) is 0 Å². The van der Waals surface area contributed by atoms with Crippen molar-refractivity contribution >= 4 is 5.91 Å². The maximum atomic E-state index is 12.0. The quantitative estimate of drug-likeness (QED) is 0.715. The van der Waals surface area contributed by atoms with Gasteiger partial charge in [0.25, 0.3) is 0 Å². The van der Waals surface area contributed by atoms with Gasteiger partial charge in [0.2, 0.25) is 5.91 Å². The highest BCUT2D eigenvalue weighted by Gasteiger charge is 2.43. The van der Waals surface area contributed by atoms with Crippen LogP contribution in [0.25, 0.3) is 0 Å². The molecule has 1 amide bonds. The molecule has 1 heterocycles. The van der Waals surface area contributed by atoms with E-state index in [2.05, 4.69) is 6.92 Å². The summed E-state index contributed by atoms with van der Waals surface area (Å²) in [6.45, 7) is 5.18. The van der Waals surface area contributed by atoms with Crippen molar-refractivity contribution < 1.29 is 14.6 Å². The number of ether oxygens (including phenoxy) is 1. The molecular weight excluding hydrogens is 194 g/mol. The molecule has 86 valence electrons. The van der Waals surface area contributed by atoms with Crippen LogP contribution in [-0.4, -0.2) is 47.8 Å². The second kappa shape index (κ2) is 4.10. The second-order valence-corrected chi connectivity index (χ2v) is 4.80. The van der Waals surface area contributed by atoms with E-state index in [9.17, 15) is 4.79 Å². The van der Waals surface area contributed by atoms with Crippen molar-refractivity contribution in [2.75, 3.05) is 19.8 Å². The van der Waals surface area contributed by atoms with Gasteiger partial charge in [-0.05, 0) is 19.3 Å². The number of carbonyl (C=O) groups excluding carboxylic acids is 1. The molecule has 1 saturated carbocycles. The number of aliphatic hydroxyl groups is 1. The summed E-state index contributed by atoms with van der Waals surface area (Å²) in [5, 5.41) is 9.02. The Balaban J connectivity index is 1.96. The van der Waals surface area contributed by atoms with Crippen LogP contribution >= 0.6 is 0 Å². The monoisotopic (exact) mass is 213 g/mol. The number of carbonyl (C=O) groups is 1. The number of hydrogen-bond acceptors (Lipinski definition) is 3. The number of aliphatic hydroxyl groups excluding tert-OH is 1. The highest BCUT2D eigenvalue weighted by atomic mass is 16.5. The summed E-state index contributed by atoms with van der Waals surface area (Å²) in [7, 11) is 0. The lowest BCUT2D eigenvalue weighted by Gasteiger charge is -2.37. The van der Waals surface area contributed by atoms with Gasteiger partial charge in [0.1, 0.15) is 0 Å². The molecule has 0 aromatic heterocycles. The minimum Gasteiger partial charge on any atom is -0.394 e. The van der Waals surface area contributed by atoms with Crippen LogP contribution in [0, 0.1) is 11.8 Å². The summed E-state index contributed by atoms with van der Waals surface area (Å²) < 4.78 is 5.40. The first-order chi connectivity index (χ1) is 7.13. The summed E-state index contributed by atoms with van der Waals surface area (Å²) in [6, 6.07) is 0.146. The molecule has 4 unspecified atom stereocenters. The number of amides is 1. The van der Waals surface area contributed by atoms with Gasteiger partial charge in [-0.15, -0.1) is 0 Å². The van der Waals surface area contributed by atoms with Gasteiger partial charge in [0, 0.05) is 12.5 Å². The van der Waals surface area contributed by atoms with Crippen molar-refractivity contribution in [1.29, 1.82) is 0 Å². The normalized spacial score (nSPS) is 40.3. The molecule has 2 aliphatic rings. The molecule has 1 N–H and O–H groups in total. The summed E-state index contributed by atoms with van der Waals surface area (Å²) in [5.41, 5.74) is 0. The van der Waals surface area contributed by atoms with Crippen LogP contribution in [0.2, 0.25) is 0 Å². The number of hydrogen-bond donors (Lipinski definition) is 1. The maximum absolute atomic E-state index is 12.0. The van der Waals surface area contributed by atoms with Crippen LogP contribution < -0.4 is 0 Å². The van der Waals surface area contributed by atoms with Crippen molar-refractivity contribution in [2.24, 2.45) is 11.8 Å². The molecule has 0 radical (unpaired) electrons. The predicted octanol–water partition coefficient (Wildman–Crippen LogP) is 0.251. The largest absolute Gasteiger partial charge is 0.394 e. The fourth-order valence-corrected chi connectivity index (χ4v) is 2.11. The molecule has 0 bridgehead atoms. The topological polar surface area (TPSA) is 49.8 Å². The zero-order valence-electron chi connectivity index (χ0n) is 9.35. The third-order valence-electron chi connectivity index (χ3n) is 3.42. The van der Waals surface area contributed by atoms with E-state index < -0.39 is 0 Å². The zero-order chi connectivity index (χ0) is 11.0. The third kappa shape index (κ3) is 2.16. The lowest BCUT2D eigenvalue weighted by Crippen LogP contribution is -2.52. The van der Waals surface area contributed by atoms with Crippen LogP contribution in [0.15, 0.2) is 0 Å². The molecule has 15 heavy (non-hydrogen) atoms. The summed E-state index contributed by atoms with van der Waals surface area (Å²) >= 11 is 0. The Morgan fingerprint density at radius 3 is 2.73 bits per heavy atom. The van der Waals surface area contributed by atoms with Crippen LogP contribution in [0.5, 0.6) is 0 Å². The van der Waals surface area contributed by atoms with Gasteiger partial charge in [-0.2, -0.15) is 0 Å². The predicted molar refractivity (Wildman–Crippen MR) is 55.3 cm³/mol. The first-order valence-corrected chi connectivity index (χ1v) is 5.66. The lowest BCUT2D eigenvalue weighted by atomic mass is 10.1. The van der Waals surface area contributed by atoms with Crippen molar-refractivity contribution in [3.05, 3.63) is 0 Å². The molecule has 1 aliphatic carbocycles. The average molecular weight is 213 g/mol. The smallest absolute Gasteiger partial charge is 0.226 e. The highest BCUT2D eigenvalue weighted by Crippen LogP contribution is 2.39. The molecule has 0 spiro atoms. The molecule has 4 heteroatoms. The number of morpholine rings is 1. The Hall–Kier alpha value is -0.610.